The number of methoxy groups -OCH3 is 1. The standard InChI is InChI=1S/C19H20N2O2S/c1-12-17-13-8-4-6-10-15(13)23-19(12,2)21(18(24)20-17)14-9-5-7-11-16(14)22-3/h4-12,17H,1-3H3,(H,20,24)/t12-,17+,19-/m0/s1. The summed E-state index contributed by atoms with van der Waals surface area (Å²) in [6.45, 7) is 4.29. The number of para-hydroxylation sites is 3. The molecule has 4 nitrogen and oxygen atoms in total. The molecule has 0 saturated carbocycles. The first kappa shape index (κ1) is 15.3. The van der Waals surface area contributed by atoms with Crippen molar-refractivity contribution in [3.05, 3.63) is 54.1 Å². The summed E-state index contributed by atoms with van der Waals surface area (Å²) in [5.41, 5.74) is 1.48. The predicted octanol–water partition coefficient (Wildman–Crippen LogP) is 3.88. The van der Waals surface area contributed by atoms with Crippen molar-refractivity contribution >= 4 is 23.0 Å². The highest BCUT2D eigenvalue weighted by atomic mass is 32.1. The maximum atomic E-state index is 6.48. The highest BCUT2D eigenvalue weighted by Crippen LogP contribution is 2.50. The lowest BCUT2D eigenvalue weighted by atomic mass is 9.80. The summed E-state index contributed by atoms with van der Waals surface area (Å²) in [5.74, 6) is 1.87. The molecule has 2 aliphatic heterocycles. The number of thiocarbonyl (C=S) groups is 1. The van der Waals surface area contributed by atoms with Crippen LogP contribution in [-0.2, 0) is 0 Å². The van der Waals surface area contributed by atoms with Gasteiger partial charge in [-0.2, -0.15) is 0 Å². The number of nitrogens with zero attached hydrogens (tertiary/aromatic N) is 1. The van der Waals surface area contributed by atoms with Crippen LogP contribution in [0.2, 0.25) is 0 Å². The summed E-state index contributed by atoms with van der Waals surface area (Å²) >= 11 is 5.70. The topological polar surface area (TPSA) is 33.7 Å². The Morgan fingerprint density at radius 1 is 1.17 bits per heavy atom. The second-order valence-electron chi connectivity index (χ2n) is 6.42. The van der Waals surface area contributed by atoms with Gasteiger partial charge in [-0.3, -0.25) is 4.90 Å². The molecular formula is C19H20N2O2S. The largest absolute Gasteiger partial charge is 0.495 e. The van der Waals surface area contributed by atoms with Crippen molar-refractivity contribution in [3.63, 3.8) is 0 Å². The first-order valence-electron chi connectivity index (χ1n) is 8.08. The van der Waals surface area contributed by atoms with Crippen molar-refractivity contribution in [2.24, 2.45) is 5.92 Å². The minimum absolute atomic E-state index is 0.137. The first-order chi connectivity index (χ1) is 11.6. The van der Waals surface area contributed by atoms with Gasteiger partial charge in [-0.15, -0.1) is 0 Å². The van der Waals surface area contributed by atoms with Gasteiger partial charge in [-0.05, 0) is 37.3 Å². The van der Waals surface area contributed by atoms with Gasteiger partial charge in [0, 0.05) is 11.5 Å². The molecule has 2 aromatic carbocycles. The lowest BCUT2D eigenvalue weighted by Crippen LogP contribution is -2.69. The smallest absolute Gasteiger partial charge is 0.191 e. The van der Waals surface area contributed by atoms with Crippen LogP contribution in [-0.4, -0.2) is 17.9 Å². The van der Waals surface area contributed by atoms with E-state index in [0.717, 1.165) is 22.7 Å². The van der Waals surface area contributed by atoms with E-state index in [4.69, 9.17) is 21.7 Å². The van der Waals surface area contributed by atoms with Gasteiger partial charge in [0.1, 0.15) is 11.5 Å². The van der Waals surface area contributed by atoms with Gasteiger partial charge in [-0.25, -0.2) is 0 Å². The zero-order valence-electron chi connectivity index (χ0n) is 13.9. The summed E-state index contributed by atoms with van der Waals surface area (Å²) in [6, 6.07) is 16.2. The normalized spacial score (nSPS) is 27.8. The minimum atomic E-state index is -0.587. The number of anilines is 1. The molecule has 0 aliphatic carbocycles. The number of benzene rings is 2. The third-order valence-corrected chi connectivity index (χ3v) is 5.47. The average Bonchev–Trinajstić information content (AvgIpc) is 2.58. The number of fused-ring (bicyclic) bond motifs is 4. The molecule has 0 unspecified atom stereocenters. The molecule has 1 saturated heterocycles. The van der Waals surface area contributed by atoms with E-state index in [2.05, 4.69) is 25.2 Å². The molecule has 3 atom stereocenters. The molecule has 0 amide bonds. The molecule has 1 N–H and O–H groups in total. The van der Waals surface area contributed by atoms with Gasteiger partial charge in [0.05, 0.1) is 18.8 Å². The quantitative estimate of drug-likeness (QED) is 0.839. The summed E-state index contributed by atoms with van der Waals surface area (Å²) in [6.07, 6.45) is 0. The highest BCUT2D eigenvalue weighted by molar-refractivity contribution is 7.80. The summed E-state index contributed by atoms with van der Waals surface area (Å²) in [5, 5.41) is 4.15. The fourth-order valence-electron chi connectivity index (χ4n) is 3.74. The van der Waals surface area contributed by atoms with E-state index >= 15 is 0 Å². The van der Waals surface area contributed by atoms with Gasteiger partial charge in [0.2, 0.25) is 0 Å². The monoisotopic (exact) mass is 340 g/mol. The minimum Gasteiger partial charge on any atom is -0.495 e. The highest BCUT2D eigenvalue weighted by Gasteiger charge is 2.54. The number of hydrogen-bond donors (Lipinski definition) is 1. The maximum Gasteiger partial charge on any atom is 0.191 e. The molecule has 4 rings (SSSR count). The van der Waals surface area contributed by atoms with E-state index in [1.54, 1.807) is 7.11 Å². The van der Waals surface area contributed by atoms with E-state index < -0.39 is 5.72 Å². The van der Waals surface area contributed by atoms with E-state index in [0.29, 0.717) is 5.11 Å². The van der Waals surface area contributed by atoms with Crippen molar-refractivity contribution in [3.8, 4) is 11.5 Å². The summed E-state index contributed by atoms with van der Waals surface area (Å²) in [4.78, 5) is 2.04. The van der Waals surface area contributed by atoms with Crippen molar-refractivity contribution in [2.45, 2.75) is 25.6 Å². The maximum absolute atomic E-state index is 6.48. The molecule has 2 aromatic rings. The Bertz CT molecular complexity index is 809. The van der Waals surface area contributed by atoms with E-state index in [1.807, 2.05) is 47.4 Å². The molecule has 0 aromatic heterocycles. The zero-order chi connectivity index (χ0) is 16.9. The SMILES string of the molecule is COc1ccccc1N1C(=S)N[C@H]2c3ccccc3O[C@@]1(C)[C@H]2C. The zero-order valence-corrected chi connectivity index (χ0v) is 14.8. The van der Waals surface area contributed by atoms with Crippen molar-refractivity contribution < 1.29 is 9.47 Å². The molecule has 0 radical (unpaired) electrons. The number of rotatable bonds is 2. The van der Waals surface area contributed by atoms with Crippen LogP contribution in [0.25, 0.3) is 0 Å². The molecule has 1 fully saturated rings. The molecule has 2 aliphatic rings. The van der Waals surface area contributed by atoms with Crippen LogP contribution in [0, 0.1) is 5.92 Å². The first-order valence-corrected chi connectivity index (χ1v) is 8.49. The predicted molar refractivity (Wildman–Crippen MR) is 98.6 cm³/mol. The van der Waals surface area contributed by atoms with Crippen LogP contribution in [0.4, 0.5) is 5.69 Å². The third-order valence-electron chi connectivity index (χ3n) is 5.17. The molecule has 0 spiro atoms. The molecule has 124 valence electrons. The number of nitrogens with one attached hydrogen (secondary N) is 1. The summed E-state index contributed by atoms with van der Waals surface area (Å²) in [7, 11) is 1.67. The van der Waals surface area contributed by atoms with E-state index in [9.17, 15) is 0 Å². The van der Waals surface area contributed by atoms with Gasteiger partial charge in [-0.1, -0.05) is 37.3 Å². The Kier molecular flexibility index (Phi) is 3.42. The number of ether oxygens (including phenoxy) is 2. The fourth-order valence-corrected chi connectivity index (χ4v) is 4.15. The Morgan fingerprint density at radius 2 is 1.88 bits per heavy atom. The molecule has 5 heteroatoms. The fraction of sp³-hybridized carbons (Fsp3) is 0.316. The molecular weight excluding hydrogens is 320 g/mol. The second-order valence-corrected chi connectivity index (χ2v) is 6.80. The summed E-state index contributed by atoms with van der Waals surface area (Å²) < 4.78 is 12.0. The van der Waals surface area contributed by atoms with Crippen molar-refractivity contribution in [1.82, 2.24) is 5.32 Å². The number of hydrogen-bond acceptors (Lipinski definition) is 3. The lowest BCUT2D eigenvalue weighted by molar-refractivity contribution is -0.00342. The van der Waals surface area contributed by atoms with Crippen LogP contribution in [0.3, 0.4) is 0 Å². The van der Waals surface area contributed by atoms with Gasteiger partial charge < -0.3 is 14.8 Å². The Balaban J connectivity index is 1.88. The lowest BCUT2D eigenvalue weighted by Gasteiger charge is -2.56. The van der Waals surface area contributed by atoms with Crippen LogP contribution < -0.4 is 19.7 Å². The Morgan fingerprint density at radius 3 is 2.67 bits per heavy atom. The molecule has 2 heterocycles. The van der Waals surface area contributed by atoms with Gasteiger partial charge >= 0.3 is 0 Å². The van der Waals surface area contributed by atoms with Crippen molar-refractivity contribution in [2.75, 3.05) is 12.0 Å². The molecule has 24 heavy (non-hydrogen) atoms. The van der Waals surface area contributed by atoms with Crippen LogP contribution >= 0.6 is 12.2 Å². The van der Waals surface area contributed by atoms with Crippen molar-refractivity contribution in [1.29, 1.82) is 0 Å². The molecule has 2 bridgehead atoms. The Hall–Kier alpha value is -2.27. The second kappa shape index (κ2) is 5.38. The van der Waals surface area contributed by atoms with Crippen LogP contribution in [0.5, 0.6) is 11.5 Å². The van der Waals surface area contributed by atoms with Gasteiger partial charge in [0.25, 0.3) is 0 Å². The van der Waals surface area contributed by atoms with Gasteiger partial charge in [0.15, 0.2) is 10.8 Å². The third kappa shape index (κ3) is 2.01. The van der Waals surface area contributed by atoms with E-state index in [-0.39, 0.29) is 12.0 Å². The van der Waals surface area contributed by atoms with E-state index in [1.165, 1.54) is 0 Å². The average molecular weight is 340 g/mol. The van der Waals surface area contributed by atoms with Crippen LogP contribution in [0.15, 0.2) is 48.5 Å². The Labute approximate surface area is 147 Å². The van der Waals surface area contributed by atoms with Crippen LogP contribution in [0.1, 0.15) is 25.5 Å².